The van der Waals surface area contributed by atoms with E-state index in [1.54, 1.807) is 0 Å². The van der Waals surface area contributed by atoms with E-state index in [1.165, 1.54) is 5.56 Å². The Labute approximate surface area is 133 Å². The van der Waals surface area contributed by atoms with E-state index in [0.717, 1.165) is 43.2 Å². The summed E-state index contributed by atoms with van der Waals surface area (Å²) in [6.45, 7) is 9.32. The molecule has 4 heteroatoms. The van der Waals surface area contributed by atoms with Crippen LogP contribution in [0, 0.1) is 6.92 Å². The predicted octanol–water partition coefficient (Wildman–Crippen LogP) is 3.88. The summed E-state index contributed by atoms with van der Waals surface area (Å²) in [7, 11) is 0. The van der Waals surface area contributed by atoms with Gasteiger partial charge in [0.2, 0.25) is 0 Å². The van der Waals surface area contributed by atoms with Crippen LogP contribution in [0.25, 0.3) is 0 Å². The normalized spacial score (nSPS) is 19.4. The minimum absolute atomic E-state index is 0.143. The highest BCUT2D eigenvalue weighted by Gasteiger charge is 2.41. The van der Waals surface area contributed by atoms with Crippen molar-refractivity contribution in [2.75, 3.05) is 26.4 Å². The van der Waals surface area contributed by atoms with Gasteiger partial charge in [-0.2, -0.15) is 0 Å². The molecule has 0 aromatic heterocycles. The molecule has 1 heterocycles. The van der Waals surface area contributed by atoms with Gasteiger partial charge < -0.3 is 14.8 Å². The number of hydrogen-bond donors (Lipinski definition) is 1. The van der Waals surface area contributed by atoms with Gasteiger partial charge in [-0.15, -0.1) is 0 Å². The van der Waals surface area contributed by atoms with Gasteiger partial charge in [-0.25, -0.2) is 0 Å². The SMILES string of the molecule is CCNC(c1ccc(C)c(Cl)c1)C1(OCC)CCOCC1. The maximum atomic E-state index is 6.33. The van der Waals surface area contributed by atoms with Crippen molar-refractivity contribution in [3.63, 3.8) is 0 Å². The van der Waals surface area contributed by atoms with Crippen LogP contribution in [0.5, 0.6) is 0 Å². The summed E-state index contributed by atoms with van der Waals surface area (Å²) < 4.78 is 11.8. The van der Waals surface area contributed by atoms with Gasteiger partial charge in [0.05, 0.1) is 11.6 Å². The molecule has 1 aliphatic heterocycles. The fraction of sp³-hybridized carbons (Fsp3) is 0.647. The van der Waals surface area contributed by atoms with Crippen LogP contribution in [0.3, 0.4) is 0 Å². The molecule has 118 valence electrons. The van der Waals surface area contributed by atoms with Crippen LogP contribution in [-0.4, -0.2) is 32.0 Å². The summed E-state index contributed by atoms with van der Waals surface area (Å²) in [4.78, 5) is 0. The van der Waals surface area contributed by atoms with Gasteiger partial charge in [0.1, 0.15) is 0 Å². The second-order valence-electron chi connectivity index (χ2n) is 5.61. The molecule has 1 atom stereocenters. The first-order valence-corrected chi connectivity index (χ1v) is 8.22. The largest absolute Gasteiger partial charge is 0.381 e. The minimum Gasteiger partial charge on any atom is -0.381 e. The zero-order valence-corrected chi connectivity index (χ0v) is 14.0. The van der Waals surface area contributed by atoms with Gasteiger partial charge in [0.15, 0.2) is 0 Å². The third-order valence-corrected chi connectivity index (χ3v) is 4.64. The molecule has 3 nitrogen and oxygen atoms in total. The Morgan fingerprint density at radius 2 is 2.05 bits per heavy atom. The van der Waals surface area contributed by atoms with Crippen LogP contribution in [-0.2, 0) is 9.47 Å². The maximum Gasteiger partial charge on any atom is 0.0919 e. The number of hydrogen-bond acceptors (Lipinski definition) is 3. The van der Waals surface area contributed by atoms with Gasteiger partial charge in [0, 0.05) is 37.7 Å². The van der Waals surface area contributed by atoms with E-state index in [1.807, 2.05) is 6.92 Å². The zero-order valence-electron chi connectivity index (χ0n) is 13.2. The molecule has 1 unspecified atom stereocenters. The molecule has 1 aromatic carbocycles. The molecule has 0 radical (unpaired) electrons. The van der Waals surface area contributed by atoms with Crippen molar-refractivity contribution in [3.05, 3.63) is 34.3 Å². The van der Waals surface area contributed by atoms with E-state index < -0.39 is 0 Å². The summed E-state index contributed by atoms with van der Waals surface area (Å²) in [5.41, 5.74) is 2.10. The summed E-state index contributed by atoms with van der Waals surface area (Å²) in [6.07, 6.45) is 1.81. The third kappa shape index (κ3) is 3.78. The Bertz CT molecular complexity index is 453. The van der Waals surface area contributed by atoms with Crippen molar-refractivity contribution in [2.45, 2.75) is 45.3 Å². The monoisotopic (exact) mass is 311 g/mol. The van der Waals surface area contributed by atoms with Crippen LogP contribution in [0.15, 0.2) is 18.2 Å². The highest BCUT2D eigenvalue weighted by atomic mass is 35.5. The van der Waals surface area contributed by atoms with Crippen molar-refractivity contribution in [1.29, 1.82) is 0 Å². The predicted molar refractivity (Wildman–Crippen MR) is 87.0 cm³/mol. The number of benzene rings is 1. The molecule has 1 aliphatic rings. The highest BCUT2D eigenvalue weighted by molar-refractivity contribution is 6.31. The third-order valence-electron chi connectivity index (χ3n) is 4.23. The van der Waals surface area contributed by atoms with Crippen molar-refractivity contribution in [1.82, 2.24) is 5.32 Å². The summed E-state index contributed by atoms with van der Waals surface area (Å²) in [5.74, 6) is 0. The van der Waals surface area contributed by atoms with E-state index in [-0.39, 0.29) is 11.6 Å². The van der Waals surface area contributed by atoms with Crippen LogP contribution in [0.2, 0.25) is 5.02 Å². The number of likely N-dealkylation sites (N-methyl/N-ethyl adjacent to an activating group) is 1. The Kier molecular flexibility index (Phi) is 6.06. The molecule has 21 heavy (non-hydrogen) atoms. The molecule has 0 amide bonds. The molecule has 1 aromatic rings. The lowest BCUT2D eigenvalue weighted by molar-refractivity contribution is -0.127. The number of nitrogens with one attached hydrogen (secondary N) is 1. The van der Waals surface area contributed by atoms with E-state index in [9.17, 15) is 0 Å². The van der Waals surface area contributed by atoms with Gasteiger partial charge in [0.25, 0.3) is 0 Å². The van der Waals surface area contributed by atoms with Gasteiger partial charge >= 0.3 is 0 Å². The molecule has 1 saturated heterocycles. The van der Waals surface area contributed by atoms with E-state index >= 15 is 0 Å². The summed E-state index contributed by atoms with van der Waals surface area (Å²) in [5, 5.41) is 4.42. The highest BCUT2D eigenvalue weighted by Crippen LogP contribution is 2.38. The number of aryl methyl sites for hydroxylation is 1. The van der Waals surface area contributed by atoms with Crippen LogP contribution in [0.4, 0.5) is 0 Å². The first kappa shape index (κ1) is 16.8. The Balaban J connectivity index is 2.36. The summed E-state index contributed by atoms with van der Waals surface area (Å²) >= 11 is 6.33. The molecular weight excluding hydrogens is 286 g/mol. The number of halogens is 1. The Morgan fingerprint density at radius 3 is 2.62 bits per heavy atom. The van der Waals surface area contributed by atoms with Gasteiger partial charge in [-0.05, 0) is 37.6 Å². The molecule has 0 spiro atoms. The smallest absolute Gasteiger partial charge is 0.0919 e. The fourth-order valence-corrected chi connectivity index (χ4v) is 3.31. The minimum atomic E-state index is -0.207. The van der Waals surface area contributed by atoms with E-state index in [0.29, 0.717) is 6.61 Å². The molecule has 0 aliphatic carbocycles. The molecule has 0 bridgehead atoms. The van der Waals surface area contributed by atoms with Gasteiger partial charge in [-0.1, -0.05) is 30.7 Å². The average Bonchev–Trinajstić information content (AvgIpc) is 2.49. The topological polar surface area (TPSA) is 30.5 Å². The molecule has 1 fully saturated rings. The standard InChI is InChI=1S/C17H26ClNO2/c1-4-19-16(14-7-6-13(3)15(18)12-14)17(21-5-2)8-10-20-11-9-17/h6-7,12,16,19H,4-5,8-11H2,1-3H3. The lowest BCUT2D eigenvalue weighted by Crippen LogP contribution is -2.50. The van der Waals surface area contributed by atoms with Crippen molar-refractivity contribution in [2.24, 2.45) is 0 Å². The molecule has 2 rings (SSSR count). The number of ether oxygens (including phenoxy) is 2. The first-order valence-electron chi connectivity index (χ1n) is 7.84. The first-order chi connectivity index (χ1) is 10.1. The van der Waals surface area contributed by atoms with Crippen LogP contribution >= 0.6 is 11.6 Å². The van der Waals surface area contributed by atoms with Crippen LogP contribution in [0.1, 0.15) is 43.9 Å². The lowest BCUT2D eigenvalue weighted by Gasteiger charge is -2.43. The second kappa shape index (κ2) is 7.59. The molecular formula is C17H26ClNO2. The van der Waals surface area contributed by atoms with E-state index in [2.05, 4.69) is 37.4 Å². The fourth-order valence-electron chi connectivity index (χ4n) is 3.12. The molecule has 0 saturated carbocycles. The van der Waals surface area contributed by atoms with Crippen molar-refractivity contribution < 1.29 is 9.47 Å². The second-order valence-corrected chi connectivity index (χ2v) is 6.02. The zero-order chi connectivity index (χ0) is 15.3. The quantitative estimate of drug-likeness (QED) is 0.864. The van der Waals surface area contributed by atoms with Crippen molar-refractivity contribution in [3.8, 4) is 0 Å². The Morgan fingerprint density at radius 1 is 1.33 bits per heavy atom. The lowest BCUT2D eigenvalue weighted by atomic mass is 9.81. The number of rotatable bonds is 6. The maximum absolute atomic E-state index is 6.33. The molecule has 1 N–H and O–H groups in total. The average molecular weight is 312 g/mol. The Hall–Kier alpha value is -0.610. The van der Waals surface area contributed by atoms with Crippen LogP contribution < -0.4 is 5.32 Å². The van der Waals surface area contributed by atoms with Crippen molar-refractivity contribution >= 4 is 11.6 Å². The van der Waals surface area contributed by atoms with E-state index in [4.69, 9.17) is 21.1 Å². The summed E-state index contributed by atoms with van der Waals surface area (Å²) in [6, 6.07) is 6.45. The van der Waals surface area contributed by atoms with Gasteiger partial charge in [-0.3, -0.25) is 0 Å².